The summed E-state index contributed by atoms with van der Waals surface area (Å²) in [6.45, 7) is 9.51. The lowest BCUT2D eigenvalue weighted by Gasteiger charge is -2.18. The van der Waals surface area contributed by atoms with E-state index in [4.69, 9.17) is 9.47 Å². The highest BCUT2D eigenvalue weighted by Gasteiger charge is 2.18. The zero-order valence-electron chi connectivity index (χ0n) is 14.6. The zero-order chi connectivity index (χ0) is 17.3. The summed E-state index contributed by atoms with van der Waals surface area (Å²) in [6, 6.07) is 8.19. The van der Waals surface area contributed by atoms with Crippen LogP contribution in [0.15, 0.2) is 29.2 Å². The van der Waals surface area contributed by atoms with E-state index in [2.05, 4.69) is 25.3 Å². The average Bonchev–Trinajstić information content (AvgIpc) is 2.87. The van der Waals surface area contributed by atoms with Crippen molar-refractivity contribution in [2.24, 2.45) is 0 Å². The van der Waals surface area contributed by atoms with Gasteiger partial charge in [-0.05, 0) is 52.0 Å². The Bertz CT molecular complexity index is 764. The van der Waals surface area contributed by atoms with Crippen molar-refractivity contribution in [3.8, 4) is 11.5 Å². The van der Waals surface area contributed by atoms with Crippen molar-refractivity contribution in [3.05, 3.63) is 41.2 Å². The molecular formula is C19H23NO3S. The molecule has 0 aliphatic carbocycles. The smallest absolute Gasteiger partial charge is 0.174 e. The minimum Gasteiger partial charge on any atom is -0.486 e. The number of carbonyl (C=O) groups excluding carboxylic acids is 1. The van der Waals surface area contributed by atoms with Crippen LogP contribution >= 0.6 is 11.8 Å². The molecule has 4 nitrogen and oxygen atoms in total. The van der Waals surface area contributed by atoms with Crippen LogP contribution in [0.4, 0.5) is 0 Å². The number of hydrogen-bond donors (Lipinski definition) is 0. The van der Waals surface area contributed by atoms with Crippen molar-refractivity contribution >= 4 is 17.5 Å². The molecule has 0 spiro atoms. The molecule has 1 aliphatic rings. The van der Waals surface area contributed by atoms with Gasteiger partial charge in [0.2, 0.25) is 0 Å². The first-order valence-corrected chi connectivity index (χ1v) is 9.20. The molecule has 0 bridgehead atoms. The monoisotopic (exact) mass is 345 g/mol. The van der Waals surface area contributed by atoms with Gasteiger partial charge in [0.05, 0.1) is 5.75 Å². The number of aryl methyl sites for hydroxylation is 1. The second-order valence-electron chi connectivity index (χ2n) is 6.27. The normalized spacial score (nSPS) is 13.4. The zero-order valence-corrected chi connectivity index (χ0v) is 15.4. The predicted octanol–water partition coefficient (Wildman–Crippen LogP) is 4.43. The minimum atomic E-state index is 0.162. The molecule has 5 heteroatoms. The lowest BCUT2D eigenvalue weighted by atomic mass is 10.2. The molecule has 1 aromatic carbocycles. The number of fused-ring (bicyclic) bond motifs is 1. The number of Topliss-reactive ketones (excluding diaryl/α,β-unsaturated/α-hetero) is 1. The largest absolute Gasteiger partial charge is 0.486 e. The molecule has 0 unspecified atom stereocenters. The molecule has 0 atom stereocenters. The fraction of sp³-hybridized carbons (Fsp3) is 0.421. The molecule has 2 aromatic rings. The maximum atomic E-state index is 12.6. The summed E-state index contributed by atoms with van der Waals surface area (Å²) < 4.78 is 13.3. The summed E-state index contributed by atoms with van der Waals surface area (Å²) in [4.78, 5) is 13.6. The molecule has 24 heavy (non-hydrogen) atoms. The van der Waals surface area contributed by atoms with E-state index >= 15 is 0 Å². The molecule has 1 aromatic heterocycles. The molecule has 1 aliphatic heterocycles. The standard InChI is InChI=1S/C19H23NO3S/c1-12(2)20-13(3)9-16(14(20)4)17(21)11-24-15-5-6-18-19(10-15)23-8-7-22-18/h5-6,9-10,12H,7-8,11H2,1-4H3. The third kappa shape index (κ3) is 3.31. The maximum Gasteiger partial charge on any atom is 0.174 e. The predicted molar refractivity (Wildman–Crippen MR) is 96.8 cm³/mol. The number of benzene rings is 1. The first kappa shape index (κ1) is 17.0. The summed E-state index contributed by atoms with van der Waals surface area (Å²) in [5.41, 5.74) is 3.01. The van der Waals surface area contributed by atoms with Crippen LogP contribution in [0.1, 0.15) is 41.6 Å². The lowest BCUT2D eigenvalue weighted by molar-refractivity contribution is 0.102. The summed E-state index contributed by atoms with van der Waals surface area (Å²) >= 11 is 1.53. The van der Waals surface area contributed by atoms with Gasteiger partial charge in [-0.25, -0.2) is 0 Å². The van der Waals surface area contributed by atoms with Crippen LogP contribution < -0.4 is 9.47 Å². The Kier molecular flexibility index (Phi) is 4.90. The fourth-order valence-corrected chi connectivity index (χ4v) is 4.00. The van der Waals surface area contributed by atoms with Crippen LogP contribution in [0, 0.1) is 13.8 Å². The van der Waals surface area contributed by atoms with Crippen LogP contribution in [0.3, 0.4) is 0 Å². The van der Waals surface area contributed by atoms with Gasteiger partial charge >= 0.3 is 0 Å². The van der Waals surface area contributed by atoms with E-state index in [1.165, 1.54) is 11.8 Å². The molecular weight excluding hydrogens is 322 g/mol. The second kappa shape index (κ2) is 6.93. The minimum absolute atomic E-state index is 0.162. The van der Waals surface area contributed by atoms with Crippen molar-refractivity contribution in [1.29, 1.82) is 0 Å². The highest BCUT2D eigenvalue weighted by atomic mass is 32.2. The van der Waals surface area contributed by atoms with Crippen molar-refractivity contribution in [3.63, 3.8) is 0 Å². The van der Waals surface area contributed by atoms with Crippen LogP contribution in [-0.2, 0) is 0 Å². The molecule has 0 N–H and O–H groups in total. The Hall–Kier alpha value is -1.88. The number of ketones is 1. The van der Waals surface area contributed by atoms with Gasteiger partial charge in [0.25, 0.3) is 0 Å². The summed E-state index contributed by atoms with van der Waals surface area (Å²) in [5.74, 6) is 2.12. The van der Waals surface area contributed by atoms with E-state index in [-0.39, 0.29) is 5.78 Å². The third-order valence-corrected chi connectivity index (χ3v) is 5.18. The van der Waals surface area contributed by atoms with Gasteiger partial charge < -0.3 is 14.0 Å². The Balaban J connectivity index is 1.71. The summed E-state index contributed by atoms with van der Waals surface area (Å²) in [5, 5.41) is 0. The van der Waals surface area contributed by atoms with Gasteiger partial charge in [0.1, 0.15) is 13.2 Å². The van der Waals surface area contributed by atoms with E-state index in [1.54, 1.807) is 0 Å². The van der Waals surface area contributed by atoms with E-state index < -0.39 is 0 Å². The third-order valence-electron chi connectivity index (χ3n) is 4.18. The SMILES string of the molecule is Cc1cc(C(=O)CSc2ccc3c(c2)OCCO3)c(C)n1C(C)C. The fourth-order valence-electron chi connectivity index (χ4n) is 3.19. The Labute approximate surface area is 147 Å². The summed E-state index contributed by atoms with van der Waals surface area (Å²) in [6.07, 6.45) is 0. The van der Waals surface area contributed by atoms with Crippen molar-refractivity contribution in [2.75, 3.05) is 19.0 Å². The molecule has 0 fully saturated rings. The molecule has 2 heterocycles. The van der Waals surface area contributed by atoms with Crippen LogP contribution in [0.2, 0.25) is 0 Å². The lowest BCUT2D eigenvalue weighted by Crippen LogP contribution is -2.15. The quantitative estimate of drug-likeness (QED) is 0.594. The molecule has 3 rings (SSSR count). The number of thioether (sulfide) groups is 1. The molecule has 128 valence electrons. The first-order valence-electron chi connectivity index (χ1n) is 8.21. The molecule has 0 saturated carbocycles. The Morgan fingerprint density at radius 1 is 1.17 bits per heavy atom. The van der Waals surface area contributed by atoms with E-state index in [0.29, 0.717) is 25.0 Å². The van der Waals surface area contributed by atoms with Gasteiger partial charge in [0, 0.05) is 27.9 Å². The highest BCUT2D eigenvalue weighted by molar-refractivity contribution is 8.00. The van der Waals surface area contributed by atoms with E-state index in [0.717, 1.165) is 33.3 Å². The van der Waals surface area contributed by atoms with E-state index in [9.17, 15) is 4.79 Å². The number of hydrogen-bond acceptors (Lipinski definition) is 4. The molecule has 0 saturated heterocycles. The number of carbonyl (C=O) groups is 1. The van der Waals surface area contributed by atoms with Crippen LogP contribution in [0.5, 0.6) is 11.5 Å². The first-order chi connectivity index (χ1) is 11.5. The molecule has 0 amide bonds. The number of ether oxygens (including phenoxy) is 2. The van der Waals surface area contributed by atoms with Gasteiger partial charge in [-0.15, -0.1) is 11.8 Å². The second-order valence-corrected chi connectivity index (χ2v) is 7.31. The van der Waals surface area contributed by atoms with Gasteiger partial charge in [-0.2, -0.15) is 0 Å². The number of rotatable bonds is 5. The highest BCUT2D eigenvalue weighted by Crippen LogP contribution is 2.34. The summed E-state index contributed by atoms with van der Waals surface area (Å²) in [7, 11) is 0. The molecule has 0 radical (unpaired) electrons. The Morgan fingerprint density at radius 2 is 1.88 bits per heavy atom. The van der Waals surface area contributed by atoms with E-state index in [1.807, 2.05) is 31.2 Å². The van der Waals surface area contributed by atoms with Gasteiger partial charge in [0.15, 0.2) is 17.3 Å². The number of nitrogens with zero attached hydrogens (tertiary/aromatic N) is 1. The van der Waals surface area contributed by atoms with Crippen molar-refractivity contribution in [2.45, 2.75) is 38.6 Å². The van der Waals surface area contributed by atoms with Gasteiger partial charge in [-0.1, -0.05) is 0 Å². The average molecular weight is 345 g/mol. The number of aromatic nitrogens is 1. The maximum absolute atomic E-state index is 12.6. The van der Waals surface area contributed by atoms with Crippen molar-refractivity contribution in [1.82, 2.24) is 4.57 Å². The van der Waals surface area contributed by atoms with Gasteiger partial charge in [-0.3, -0.25) is 4.79 Å². The Morgan fingerprint density at radius 3 is 2.54 bits per heavy atom. The van der Waals surface area contributed by atoms with Crippen LogP contribution in [-0.4, -0.2) is 29.3 Å². The van der Waals surface area contributed by atoms with Crippen molar-refractivity contribution < 1.29 is 14.3 Å². The topological polar surface area (TPSA) is 40.5 Å². The van der Waals surface area contributed by atoms with Crippen LogP contribution in [0.25, 0.3) is 0 Å².